The number of amides is 2. The molecular formula is C20H18N4O7S. The maximum atomic E-state index is 11.9. The molecule has 0 fully saturated rings. The molecule has 2 rings (SSSR count). The van der Waals surface area contributed by atoms with E-state index in [9.17, 15) is 29.3 Å². The monoisotopic (exact) mass is 458 g/mol. The number of hydrogen-bond donors (Lipinski definition) is 2. The molecule has 0 saturated carbocycles. The number of thiophene rings is 1. The van der Waals surface area contributed by atoms with Crippen LogP contribution in [0.5, 0.6) is 0 Å². The molecule has 2 aromatic rings. The van der Waals surface area contributed by atoms with Crippen molar-refractivity contribution < 1.29 is 28.8 Å². The van der Waals surface area contributed by atoms with Gasteiger partial charge in [0.05, 0.1) is 27.5 Å². The molecule has 0 atom stereocenters. The van der Waals surface area contributed by atoms with Gasteiger partial charge in [-0.2, -0.15) is 5.26 Å². The van der Waals surface area contributed by atoms with Crippen LogP contribution >= 0.6 is 11.3 Å². The molecule has 32 heavy (non-hydrogen) atoms. The molecule has 2 N–H and O–H groups in total. The first-order chi connectivity index (χ1) is 15.3. The van der Waals surface area contributed by atoms with Crippen molar-refractivity contribution in [2.45, 2.75) is 19.3 Å². The SMILES string of the molecule is N#Cc1cc([N+](=O)[O-])ccc1NC(=O)COC(=O)CCNC(=O)CCC(=O)c1cccs1. The van der Waals surface area contributed by atoms with Crippen LogP contribution in [-0.2, 0) is 19.1 Å². The third kappa shape index (κ3) is 7.62. The molecule has 0 unspecified atom stereocenters. The van der Waals surface area contributed by atoms with Crippen molar-refractivity contribution in [2.24, 2.45) is 0 Å². The second-order valence-corrected chi connectivity index (χ2v) is 7.26. The number of ether oxygens (including phenoxy) is 1. The Kier molecular flexibility index (Phi) is 9.00. The summed E-state index contributed by atoms with van der Waals surface area (Å²) < 4.78 is 4.79. The highest BCUT2D eigenvalue weighted by Gasteiger charge is 2.14. The Bertz CT molecular complexity index is 1060. The van der Waals surface area contributed by atoms with E-state index in [1.54, 1.807) is 23.6 Å². The molecule has 0 saturated heterocycles. The van der Waals surface area contributed by atoms with E-state index in [0.717, 1.165) is 12.1 Å². The molecule has 1 aromatic heterocycles. The van der Waals surface area contributed by atoms with Gasteiger partial charge in [0.25, 0.3) is 11.6 Å². The number of carbonyl (C=O) groups excluding carboxylic acids is 4. The molecule has 1 aromatic carbocycles. The van der Waals surface area contributed by atoms with Crippen molar-refractivity contribution in [3.05, 3.63) is 56.3 Å². The number of esters is 1. The van der Waals surface area contributed by atoms with Crippen molar-refractivity contribution in [1.82, 2.24) is 5.32 Å². The summed E-state index contributed by atoms with van der Waals surface area (Å²) in [5.74, 6) is -1.99. The van der Waals surface area contributed by atoms with Crippen LogP contribution in [0.1, 0.15) is 34.5 Å². The summed E-state index contributed by atoms with van der Waals surface area (Å²) in [6.45, 7) is -0.655. The number of nitriles is 1. The maximum Gasteiger partial charge on any atom is 0.308 e. The van der Waals surface area contributed by atoms with Crippen LogP contribution in [0.15, 0.2) is 35.7 Å². The van der Waals surface area contributed by atoms with Crippen LogP contribution in [0, 0.1) is 21.4 Å². The Morgan fingerprint density at radius 1 is 1.12 bits per heavy atom. The summed E-state index contributed by atoms with van der Waals surface area (Å²) >= 11 is 1.30. The van der Waals surface area contributed by atoms with Crippen LogP contribution in [0.3, 0.4) is 0 Å². The summed E-state index contributed by atoms with van der Waals surface area (Å²) in [4.78, 5) is 57.8. The van der Waals surface area contributed by atoms with Crippen molar-refractivity contribution in [3.63, 3.8) is 0 Å². The number of nitro benzene ring substituents is 1. The minimum Gasteiger partial charge on any atom is -0.456 e. The molecule has 11 nitrogen and oxygen atoms in total. The number of rotatable bonds is 11. The average molecular weight is 458 g/mol. The fourth-order valence-corrected chi connectivity index (χ4v) is 3.13. The minimum atomic E-state index is -0.737. The topological polar surface area (TPSA) is 168 Å². The van der Waals surface area contributed by atoms with Gasteiger partial charge in [0, 0.05) is 31.5 Å². The number of benzene rings is 1. The predicted molar refractivity (Wildman–Crippen MR) is 113 cm³/mol. The number of Topliss-reactive ketones (excluding diaryl/α,β-unsaturated/α-hetero) is 1. The number of nitrogens with one attached hydrogen (secondary N) is 2. The number of nitrogens with zero attached hydrogens (tertiary/aromatic N) is 2. The van der Waals surface area contributed by atoms with Gasteiger partial charge in [-0.25, -0.2) is 0 Å². The Balaban J connectivity index is 1.67. The summed E-state index contributed by atoms with van der Waals surface area (Å²) in [6, 6.07) is 8.51. The lowest BCUT2D eigenvalue weighted by Gasteiger charge is -2.08. The van der Waals surface area contributed by atoms with Crippen LogP contribution in [0.2, 0.25) is 0 Å². The molecule has 166 valence electrons. The van der Waals surface area contributed by atoms with Crippen molar-refractivity contribution in [1.29, 1.82) is 5.26 Å². The average Bonchev–Trinajstić information content (AvgIpc) is 3.31. The third-order valence-electron chi connectivity index (χ3n) is 4.00. The standard InChI is InChI=1S/C20H18N4O7S/c21-11-13-10-14(24(29)30)3-4-15(13)23-19(27)12-31-20(28)7-8-22-18(26)6-5-16(25)17-2-1-9-32-17/h1-4,9-10H,5-8,12H2,(H,22,26)(H,23,27). The van der Waals surface area contributed by atoms with Crippen molar-refractivity contribution in [3.8, 4) is 6.07 Å². The molecule has 0 aliphatic carbocycles. The largest absolute Gasteiger partial charge is 0.456 e. The van der Waals surface area contributed by atoms with Crippen LogP contribution in [0.25, 0.3) is 0 Å². The number of ketones is 1. The first-order valence-corrected chi connectivity index (χ1v) is 10.2. The fourth-order valence-electron chi connectivity index (χ4n) is 2.43. The van der Waals surface area contributed by atoms with E-state index in [2.05, 4.69) is 10.6 Å². The number of hydrogen-bond acceptors (Lipinski definition) is 9. The number of carbonyl (C=O) groups is 4. The number of nitro groups is 1. The van der Waals surface area contributed by atoms with E-state index in [4.69, 9.17) is 10.00 Å². The van der Waals surface area contributed by atoms with Crippen LogP contribution in [-0.4, -0.2) is 41.6 Å². The number of anilines is 1. The van der Waals surface area contributed by atoms with E-state index in [1.807, 2.05) is 0 Å². The minimum absolute atomic E-state index is 0.00928. The van der Waals surface area contributed by atoms with Gasteiger partial charge in [-0.05, 0) is 17.5 Å². The lowest BCUT2D eigenvalue weighted by Crippen LogP contribution is -2.28. The second kappa shape index (κ2) is 11.9. The molecule has 0 bridgehead atoms. The van der Waals surface area contributed by atoms with Gasteiger partial charge in [-0.3, -0.25) is 29.3 Å². The normalized spacial score (nSPS) is 9.97. The zero-order chi connectivity index (χ0) is 23.5. The first kappa shape index (κ1) is 24.2. The number of non-ortho nitro benzene ring substituents is 1. The summed E-state index contributed by atoms with van der Waals surface area (Å²) in [5, 5.41) is 26.4. The lowest BCUT2D eigenvalue weighted by molar-refractivity contribution is -0.384. The van der Waals surface area contributed by atoms with E-state index in [-0.39, 0.29) is 54.4 Å². The zero-order valence-corrected chi connectivity index (χ0v) is 17.5. The summed E-state index contributed by atoms with van der Waals surface area (Å²) in [6.07, 6.45) is -0.131. The molecule has 2 amide bonds. The van der Waals surface area contributed by atoms with Gasteiger partial charge in [0.15, 0.2) is 12.4 Å². The molecule has 0 aliphatic rings. The third-order valence-corrected chi connectivity index (χ3v) is 4.91. The zero-order valence-electron chi connectivity index (χ0n) is 16.7. The van der Waals surface area contributed by atoms with Crippen LogP contribution < -0.4 is 10.6 Å². The summed E-state index contributed by atoms with van der Waals surface area (Å²) in [7, 11) is 0. The molecule has 12 heteroatoms. The van der Waals surface area contributed by atoms with Crippen molar-refractivity contribution in [2.75, 3.05) is 18.5 Å². The van der Waals surface area contributed by atoms with Gasteiger partial charge in [-0.15, -0.1) is 11.3 Å². The van der Waals surface area contributed by atoms with E-state index >= 15 is 0 Å². The lowest BCUT2D eigenvalue weighted by atomic mass is 10.1. The Labute approximate surface area is 186 Å². The van der Waals surface area contributed by atoms with Crippen LogP contribution in [0.4, 0.5) is 11.4 Å². The van der Waals surface area contributed by atoms with Gasteiger partial charge in [-0.1, -0.05) is 6.07 Å². The smallest absolute Gasteiger partial charge is 0.308 e. The molecule has 0 radical (unpaired) electrons. The quantitative estimate of drug-likeness (QED) is 0.223. The first-order valence-electron chi connectivity index (χ1n) is 9.27. The van der Waals surface area contributed by atoms with Gasteiger partial charge >= 0.3 is 5.97 Å². The van der Waals surface area contributed by atoms with Crippen molar-refractivity contribution >= 4 is 46.3 Å². The van der Waals surface area contributed by atoms with E-state index < -0.39 is 23.4 Å². The predicted octanol–water partition coefficient (Wildman–Crippen LogP) is 2.18. The highest BCUT2D eigenvalue weighted by atomic mass is 32.1. The maximum absolute atomic E-state index is 11.9. The highest BCUT2D eigenvalue weighted by molar-refractivity contribution is 7.12. The van der Waals surface area contributed by atoms with E-state index in [1.165, 1.54) is 17.4 Å². The molecule has 1 heterocycles. The Morgan fingerprint density at radius 3 is 2.56 bits per heavy atom. The highest BCUT2D eigenvalue weighted by Crippen LogP contribution is 2.21. The molecular weight excluding hydrogens is 440 g/mol. The Hall–Kier alpha value is -4.11. The second-order valence-electron chi connectivity index (χ2n) is 6.31. The van der Waals surface area contributed by atoms with Gasteiger partial charge in [0.2, 0.25) is 5.91 Å². The fraction of sp³-hybridized carbons (Fsp3) is 0.250. The van der Waals surface area contributed by atoms with E-state index in [0.29, 0.717) is 4.88 Å². The summed E-state index contributed by atoms with van der Waals surface area (Å²) in [5.41, 5.74) is -0.369. The molecule has 0 aliphatic heterocycles. The van der Waals surface area contributed by atoms with Gasteiger partial charge < -0.3 is 15.4 Å². The van der Waals surface area contributed by atoms with Gasteiger partial charge in [0.1, 0.15) is 6.07 Å². The molecule has 0 spiro atoms. The Morgan fingerprint density at radius 2 is 1.91 bits per heavy atom.